The van der Waals surface area contributed by atoms with E-state index in [9.17, 15) is 66.4 Å². The van der Waals surface area contributed by atoms with E-state index in [2.05, 4.69) is 5.32 Å². The number of aliphatic hydroxyl groups is 13. The molecule has 256 valence electrons. The summed E-state index contributed by atoms with van der Waals surface area (Å²) in [4.78, 5) is 0. The molecule has 0 radical (unpaired) electrons. The predicted molar refractivity (Wildman–Crippen MR) is 138 cm³/mol. The summed E-state index contributed by atoms with van der Waals surface area (Å²) >= 11 is 0. The quantitative estimate of drug-likeness (QED) is 0.103. The van der Waals surface area contributed by atoms with Crippen LogP contribution in [0.2, 0.25) is 0 Å². The van der Waals surface area contributed by atoms with Gasteiger partial charge in [0.25, 0.3) is 0 Å². The average molecular weight is 646 g/mol. The van der Waals surface area contributed by atoms with Crippen LogP contribution < -0.4 is 5.32 Å². The highest BCUT2D eigenvalue weighted by Gasteiger charge is 2.53. The molecule has 0 spiro atoms. The molecule has 3 fully saturated rings. The highest BCUT2D eigenvalue weighted by Crippen LogP contribution is 2.32. The van der Waals surface area contributed by atoms with E-state index in [1.165, 1.54) is 13.0 Å². The van der Waals surface area contributed by atoms with E-state index >= 15 is 0 Å². The van der Waals surface area contributed by atoms with E-state index in [0.717, 1.165) is 0 Å². The molecule has 1 aliphatic carbocycles. The Hall–Kier alpha value is -1.02. The summed E-state index contributed by atoms with van der Waals surface area (Å²) in [5.41, 5.74) is 0.0225. The van der Waals surface area contributed by atoms with Gasteiger partial charge in [0.15, 0.2) is 18.9 Å². The molecular formula is C25H43NO18. The Morgan fingerprint density at radius 1 is 0.636 bits per heavy atom. The molecule has 3 aliphatic heterocycles. The molecule has 3 heterocycles. The van der Waals surface area contributed by atoms with Gasteiger partial charge in [-0.25, -0.2) is 0 Å². The topological polar surface area (TPSA) is 321 Å². The summed E-state index contributed by atoms with van der Waals surface area (Å²) < 4.78 is 27.4. The third-order valence-electron chi connectivity index (χ3n) is 8.48. The Balaban J connectivity index is 1.42. The van der Waals surface area contributed by atoms with Crippen molar-refractivity contribution in [1.82, 2.24) is 5.32 Å². The molecule has 4 aliphatic rings. The van der Waals surface area contributed by atoms with Gasteiger partial charge in [-0.05, 0) is 12.5 Å². The maximum absolute atomic E-state index is 10.9. The lowest BCUT2D eigenvalue weighted by atomic mass is 9.86. The zero-order valence-corrected chi connectivity index (χ0v) is 23.5. The van der Waals surface area contributed by atoms with Crippen LogP contribution in [-0.2, 0) is 23.7 Å². The van der Waals surface area contributed by atoms with Crippen LogP contribution in [0.3, 0.4) is 0 Å². The zero-order chi connectivity index (χ0) is 32.6. The molecule has 3 saturated heterocycles. The van der Waals surface area contributed by atoms with E-state index in [1.807, 2.05) is 0 Å². The average Bonchev–Trinajstić information content (AvgIpc) is 3.00. The van der Waals surface area contributed by atoms with Crippen molar-refractivity contribution in [2.75, 3.05) is 19.8 Å². The van der Waals surface area contributed by atoms with Crippen molar-refractivity contribution < 1.29 is 90.1 Å². The van der Waals surface area contributed by atoms with Crippen LogP contribution in [0.4, 0.5) is 0 Å². The fourth-order valence-corrected chi connectivity index (χ4v) is 5.81. The summed E-state index contributed by atoms with van der Waals surface area (Å²) in [7, 11) is 0. The minimum atomic E-state index is -1.93. The van der Waals surface area contributed by atoms with E-state index < -0.39 is 136 Å². The van der Waals surface area contributed by atoms with Crippen molar-refractivity contribution in [2.24, 2.45) is 0 Å². The molecule has 0 aromatic carbocycles. The third-order valence-corrected chi connectivity index (χ3v) is 8.48. The standard InChI is InChI=1S/C25H43NO18/c1-6-11(26-8-2-7(3-27)12(30)15(33)13(8)31)14(32)19(37)24(40-6)43-22-10(5-29)42-25(20(38)17(22)35)44-21-9(4-28)41-23(39)18(36)16(21)34/h2,6,8-39H,3-5H2,1H3/t6-,8+,9-,10-,11-,12-,13+,14+,15-,16-,17-,18-,19+,20+,21-,22-,23-,24-,25-/m1/s1. The number of rotatable bonds is 9. The second-order valence-corrected chi connectivity index (χ2v) is 11.4. The monoisotopic (exact) mass is 645 g/mol. The molecule has 0 saturated carbocycles. The Kier molecular flexibility index (Phi) is 12.1. The highest BCUT2D eigenvalue weighted by atomic mass is 16.7. The molecule has 19 nitrogen and oxygen atoms in total. The van der Waals surface area contributed by atoms with Gasteiger partial charge in [0, 0.05) is 0 Å². The summed E-state index contributed by atoms with van der Waals surface area (Å²) in [5, 5.41) is 136. The van der Waals surface area contributed by atoms with Crippen molar-refractivity contribution in [2.45, 2.75) is 123 Å². The van der Waals surface area contributed by atoms with Gasteiger partial charge < -0.3 is 95.4 Å². The number of aliphatic hydroxyl groups excluding tert-OH is 13. The molecule has 4 rings (SSSR count). The lowest BCUT2D eigenvalue weighted by Crippen LogP contribution is -2.68. The van der Waals surface area contributed by atoms with Gasteiger partial charge in [0.05, 0.1) is 38.0 Å². The smallest absolute Gasteiger partial charge is 0.187 e. The Bertz CT molecular complexity index is 958. The lowest BCUT2D eigenvalue weighted by Gasteiger charge is -2.48. The lowest BCUT2D eigenvalue weighted by molar-refractivity contribution is -0.373. The van der Waals surface area contributed by atoms with Crippen LogP contribution in [0.15, 0.2) is 11.6 Å². The first kappa shape index (κ1) is 35.8. The zero-order valence-electron chi connectivity index (χ0n) is 23.5. The largest absolute Gasteiger partial charge is 0.394 e. The van der Waals surface area contributed by atoms with Crippen LogP contribution >= 0.6 is 0 Å². The number of nitrogens with one attached hydrogen (secondary N) is 1. The van der Waals surface area contributed by atoms with Crippen LogP contribution in [0, 0.1) is 0 Å². The summed E-state index contributed by atoms with van der Waals surface area (Å²) in [6, 6.07) is -2.17. The van der Waals surface area contributed by atoms with Gasteiger partial charge >= 0.3 is 0 Å². The van der Waals surface area contributed by atoms with Gasteiger partial charge in [-0.1, -0.05) is 6.08 Å². The second-order valence-electron chi connectivity index (χ2n) is 11.4. The van der Waals surface area contributed by atoms with Crippen LogP contribution in [0.1, 0.15) is 6.92 Å². The van der Waals surface area contributed by atoms with Gasteiger partial charge in [-0.3, -0.25) is 0 Å². The fraction of sp³-hybridized carbons (Fsp3) is 0.920. The summed E-state index contributed by atoms with van der Waals surface area (Å²) in [6.45, 7) is -0.753. The van der Waals surface area contributed by atoms with Gasteiger partial charge in [-0.2, -0.15) is 0 Å². The van der Waals surface area contributed by atoms with E-state index in [-0.39, 0.29) is 5.57 Å². The van der Waals surface area contributed by atoms with Gasteiger partial charge in [0.1, 0.15) is 79.4 Å². The molecule has 0 amide bonds. The first-order chi connectivity index (χ1) is 20.7. The molecule has 0 bridgehead atoms. The Morgan fingerprint density at radius 3 is 1.73 bits per heavy atom. The third kappa shape index (κ3) is 6.96. The van der Waals surface area contributed by atoms with Gasteiger partial charge in [-0.15, -0.1) is 0 Å². The predicted octanol–water partition coefficient (Wildman–Crippen LogP) is -8.56. The molecule has 44 heavy (non-hydrogen) atoms. The number of hydrogen-bond donors (Lipinski definition) is 14. The summed E-state index contributed by atoms with van der Waals surface area (Å²) in [6.07, 6.45) is -26.6. The first-order valence-corrected chi connectivity index (χ1v) is 14.1. The maximum atomic E-state index is 10.9. The molecule has 0 aromatic heterocycles. The maximum Gasteiger partial charge on any atom is 0.187 e. The molecule has 14 N–H and O–H groups in total. The van der Waals surface area contributed by atoms with Crippen LogP contribution in [0.5, 0.6) is 0 Å². The Morgan fingerprint density at radius 2 is 1.16 bits per heavy atom. The minimum Gasteiger partial charge on any atom is -0.394 e. The Labute approximate surface area is 250 Å². The van der Waals surface area contributed by atoms with Crippen LogP contribution in [0.25, 0.3) is 0 Å². The van der Waals surface area contributed by atoms with E-state index in [0.29, 0.717) is 0 Å². The second kappa shape index (κ2) is 14.8. The van der Waals surface area contributed by atoms with E-state index in [4.69, 9.17) is 23.7 Å². The normalized spacial score (nSPS) is 52.0. The molecule has 0 aromatic rings. The molecule has 0 unspecified atom stereocenters. The van der Waals surface area contributed by atoms with Crippen LogP contribution in [-0.4, -0.2) is 203 Å². The fourth-order valence-electron chi connectivity index (χ4n) is 5.81. The van der Waals surface area contributed by atoms with Crippen molar-refractivity contribution in [1.29, 1.82) is 0 Å². The molecule has 19 atom stereocenters. The number of hydrogen-bond acceptors (Lipinski definition) is 19. The van der Waals surface area contributed by atoms with Gasteiger partial charge in [0.2, 0.25) is 0 Å². The molecular weight excluding hydrogens is 602 g/mol. The SMILES string of the molecule is C[C@H]1O[C@H](O[C@H]2[C@H](O)[C@H](O)[C@@H](O[C@H]3[C@H](O)[C@@H](O)[C@H](O)O[C@@H]3CO)O[C@@H]2CO)[C@@H](O)[C@@H](O)[C@@H]1N[C@H]1C=C(CO)[C@@H](O)[C@@H](O)[C@H]1O. The highest BCUT2D eigenvalue weighted by molar-refractivity contribution is 5.22. The van der Waals surface area contributed by atoms with Crippen molar-refractivity contribution in [3.8, 4) is 0 Å². The van der Waals surface area contributed by atoms with Crippen molar-refractivity contribution in [3.63, 3.8) is 0 Å². The van der Waals surface area contributed by atoms with Crippen molar-refractivity contribution >= 4 is 0 Å². The van der Waals surface area contributed by atoms with Crippen molar-refractivity contribution in [3.05, 3.63) is 11.6 Å². The first-order valence-electron chi connectivity index (χ1n) is 14.1. The molecule has 19 heteroatoms. The summed E-state index contributed by atoms with van der Waals surface area (Å²) in [5.74, 6) is 0. The van der Waals surface area contributed by atoms with E-state index in [1.54, 1.807) is 0 Å². The number of ether oxygens (including phenoxy) is 5. The minimum absolute atomic E-state index is 0.0225.